The standard InChI is InChI=1S/C23H20O3S/c1-2-23-21(17-6-4-3-5-7-17)12-20(27-23)15-25-19-9-8-18-10-16(13-24)14-26-22(18)11-19/h3-13H,2,14-15H2,1H3. The van der Waals surface area contributed by atoms with Crippen LogP contribution >= 0.6 is 11.3 Å². The Kier molecular flexibility index (Phi) is 5.07. The molecule has 0 radical (unpaired) electrons. The van der Waals surface area contributed by atoms with Crippen LogP contribution in [0.25, 0.3) is 17.2 Å². The summed E-state index contributed by atoms with van der Waals surface area (Å²) in [6.07, 6.45) is 3.70. The summed E-state index contributed by atoms with van der Waals surface area (Å²) in [7, 11) is 0. The Balaban J connectivity index is 1.50. The maximum absolute atomic E-state index is 10.9. The molecule has 1 aliphatic heterocycles. The second kappa shape index (κ2) is 7.80. The van der Waals surface area contributed by atoms with Crippen molar-refractivity contribution in [1.29, 1.82) is 0 Å². The first-order chi connectivity index (χ1) is 13.3. The second-order valence-electron chi connectivity index (χ2n) is 6.38. The van der Waals surface area contributed by atoms with Gasteiger partial charge in [-0.2, -0.15) is 0 Å². The number of thiophene rings is 1. The Labute approximate surface area is 162 Å². The molecule has 1 aromatic heterocycles. The van der Waals surface area contributed by atoms with E-state index in [-0.39, 0.29) is 0 Å². The summed E-state index contributed by atoms with van der Waals surface area (Å²) in [5.41, 5.74) is 4.10. The molecule has 0 saturated carbocycles. The van der Waals surface area contributed by atoms with E-state index in [1.807, 2.05) is 30.3 Å². The zero-order chi connectivity index (χ0) is 18.6. The lowest BCUT2D eigenvalue weighted by atomic mass is 10.1. The SMILES string of the molecule is CCc1sc(COc2ccc3c(c2)OCC(C=O)=C3)cc1-c1ccccc1. The van der Waals surface area contributed by atoms with Crippen LogP contribution in [0.15, 0.2) is 60.2 Å². The van der Waals surface area contributed by atoms with Crippen LogP contribution in [0.4, 0.5) is 0 Å². The molecule has 0 aliphatic carbocycles. The van der Waals surface area contributed by atoms with Crippen LogP contribution in [0.2, 0.25) is 0 Å². The van der Waals surface area contributed by atoms with Gasteiger partial charge in [0.25, 0.3) is 0 Å². The molecule has 0 bridgehead atoms. The number of hydrogen-bond acceptors (Lipinski definition) is 4. The summed E-state index contributed by atoms with van der Waals surface area (Å²) >= 11 is 1.80. The first-order valence-electron chi connectivity index (χ1n) is 8.99. The van der Waals surface area contributed by atoms with Crippen molar-refractivity contribution >= 4 is 23.7 Å². The summed E-state index contributed by atoms with van der Waals surface area (Å²) in [6, 6.07) is 18.4. The fourth-order valence-electron chi connectivity index (χ4n) is 3.15. The molecule has 3 nitrogen and oxygen atoms in total. The Morgan fingerprint density at radius 1 is 1.15 bits per heavy atom. The highest BCUT2D eigenvalue weighted by molar-refractivity contribution is 7.12. The van der Waals surface area contributed by atoms with E-state index in [0.29, 0.717) is 18.8 Å². The van der Waals surface area contributed by atoms with Gasteiger partial charge in [-0.3, -0.25) is 4.79 Å². The molecule has 0 fully saturated rings. The van der Waals surface area contributed by atoms with Crippen molar-refractivity contribution in [2.75, 3.05) is 6.61 Å². The molecule has 1 aliphatic rings. The van der Waals surface area contributed by atoms with Crippen molar-refractivity contribution in [1.82, 2.24) is 0 Å². The summed E-state index contributed by atoms with van der Waals surface area (Å²) < 4.78 is 11.6. The minimum Gasteiger partial charge on any atom is -0.488 e. The quantitative estimate of drug-likeness (QED) is 0.531. The first-order valence-corrected chi connectivity index (χ1v) is 9.81. The molecule has 4 heteroatoms. The van der Waals surface area contributed by atoms with E-state index in [1.54, 1.807) is 11.3 Å². The highest BCUT2D eigenvalue weighted by Gasteiger charge is 2.13. The Bertz CT molecular complexity index is 986. The van der Waals surface area contributed by atoms with Gasteiger partial charge in [-0.15, -0.1) is 11.3 Å². The van der Waals surface area contributed by atoms with Crippen LogP contribution < -0.4 is 9.47 Å². The average molecular weight is 376 g/mol. The lowest BCUT2D eigenvalue weighted by molar-refractivity contribution is -0.105. The second-order valence-corrected chi connectivity index (χ2v) is 7.60. The molecular formula is C23H20O3S. The van der Waals surface area contributed by atoms with Crippen LogP contribution in [0.5, 0.6) is 11.5 Å². The summed E-state index contributed by atoms with van der Waals surface area (Å²) in [6.45, 7) is 3.02. The highest BCUT2D eigenvalue weighted by atomic mass is 32.1. The van der Waals surface area contributed by atoms with Crippen molar-refractivity contribution < 1.29 is 14.3 Å². The number of benzene rings is 2. The van der Waals surface area contributed by atoms with Crippen LogP contribution in [0, 0.1) is 0 Å². The molecule has 0 N–H and O–H groups in total. The molecule has 4 rings (SSSR count). The van der Waals surface area contributed by atoms with Gasteiger partial charge < -0.3 is 9.47 Å². The van der Waals surface area contributed by atoms with Crippen molar-refractivity contribution in [3.63, 3.8) is 0 Å². The van der Waals surface area contributed by atoms with E-state index >= 15 is 0 Å². The summed E-state index contributed by atoms with van der Waals surface area (Å²) in [5.74, 6) is 1.52. The van der Waals surface area contributed by atoms with Crippen molar-refractivity contribution in [2.24, 2.45) is 0 Å². The predicted molar refractivity (Wildman–Crippen MR) is 109 cm³/mol. The van der Waals surface area contributed by atoms with E-state index in [9.17, 15) is 4.79 Å². The van der Waals surface area contributed by atoms with Gasteiger partial charge in [-0.25, -0.2) is 0 Å². The first kappa shape index (κ1) is 17.6. The van der Waals surface area contributed by atoms with Crippen LogP contribution in [-0.2, 0) is 17.8 Å². The van der Waals surface area contributed by atoms with Gasteiger partial charge in [0, 0.05) is 27.0 Å². The van der Waals surface area contributed by atoms with E-state index < -0.39 is 0 Å². The zero-order valence-corrected chi connectivity index (χ0v) is 15.9. The lowest BCUT2D eigenvalue weighted by Crippen LogP contribution is -2.08. The molecule has 136 valence electrons. The lowest BCUT2D eigenvalue weighted by Gasteiger charge is -2.16. The van der Waals surface area contributed by atoms with Crippen molar-refractivity contribution in [3.8, 4) is 22.6 Å². The molecule has 3 aromatic rings. The Morgan fingerprint density at radius 2 is 2.00 bits per heavy atom. The van der Waals surface area contributed by atoms with Gasteiger partial charge in [0.2, 0.25) is 0 Å². The van der Waals surface area contributed by atoms with E-state index in [0.717, 1.165) is 29.8 Å². The summed E-state index contributed by atoms with van der Waals surface area (Å²) in [4.78, 5) is 13.5. The number of aldehydes is 1. The molecule has 0 spiro atoms. The largest absolute Gasteiger partial charge is 0.488 e. The maximum atomic E-state index is 10.9. The van der Waals surface area contributed by atoms with E-state index in [1.165, 1.54) is 20.9 Å². The third-order valence-electron chi connectivity index (χ3n) is 4.52. The minimum atomic E-state index is 0.311. The fraction of sp³-hybridized carbons (Fsp3) is 0.174. The van der Waals surface area contributed by atoms with Gasteiger partial charge in [-0.1, -0.05) is 37.3 Å². The smallest absolute Gasteiger partial charge is 0.149 e. The third-order valence-corrected chi connectivity index (χ3v) is 5.77. The van der Waals surface area contributed by atoms with E-state index in [2.05, 4.69) is 37.3 Å². The monoisotopic (exact) mass is 376 g/mol. The number of aryl methyl sites for hydroxylation is 1. The number of hydrogen-bond donors (Lipinski definition) is 0. The normalized spacial score (nSPS) is 12.7. The molecule has 0 amide bonds. The topological polar surface area (TPSA) is 35.5 Å². The Morgan fingerprint density at radius 3 is 2.78 bits per heavy atom. The number of ether oxygens (including phenoxy) is 2. The molecule has 2 aromatic carbocycles. The molecule has 0 atom stereocenters. The molecule has 0 unspecified atom stereocenters. The van der Waals surface area contributed by atoms with Gasteiger partial charge in [0.05, 0.1) is 0 Å². The van der Waals surface area contributed by atoms with Crippen LogP contribution in [0.3, 0.4) is 0 Å². The van der Waals surface area contributed by atoms with E-state index in [4.69, 9.17) is 9.47 Å². The molecule has 2 heterocycles. The van der Waals surface area contributed by atoms with Gasteiger partial charge in [0.1, 0.15) is 31.0 Å². The molecule has 0 saturated heterocycles. The van der Waals surface area contributed by atoms with Gasteiger partial charge in [0.15, 0.2) is 0 Å². The molecule has 27 heavy (non-hydrogen) atoms. The zero-order valence-electron chi connectivity index (χ0n) is 15.1. The minimum absolute atomic E-state index is 0.311. The Hall–Kier alpha value is -2.85. The predicted octanol–water partition coefficient (Wildman–Crippen LogP) is 5.53. The number of carbonyl (C=O) groups excluding carboxylic acids is 1. The maximum Gasteiger partial charge on any atom is 0.149 e. The highest BCUT2D eigenvalue weighted by Crippen LogP contribution is 2.34. The van der Waals surface area contributed by atoms with Crippen molar-refractivity contribution in [3.05, 3.63) is 75.5 Å². The molecular weight excluding hydrogens is 356 g/mol. The van der Waals surface area contributed by atoms with Gasteiger partial charge in [-0.05, 0) is 41.8 Å². The average Bonchev–Trinajstić information content (AvgIpc) is 3.15. The number of fused-ring (bicyclic) bond motifs is 1. The van der Waals surface area contributed by atoms with Crippen LogP contribution in [0.1, 0.15) is 22.2 Å². The third kappa shape index (κ3) is 3.81. The van der Waals surface area contributed by atoms with Crippen molar-refractivity contribution in [2.45, 2.75) is 20.0 Å². The number of carbonyl (C=O) groups is 1. The number of rotatable bonds is 6. The summed E-state index contributed by atoms with van der Waals surface area (Å²) in [5, 5.41) is 0. The fourth-order valence-corrected chi connectivity index (χ4v) is 4.20. The van der Waals surface area contributed by atoms with Gasteiger partial charge >= 0.3 is 0 Å². The van der Waals surface area contributed by atoms with Crippen LogP contribution in [-0.4, -0.2) is 12.9 Å².